The fraction of sp³-hybridized carbons (Fsp3) is 0.273. The van der Waals surface area contributed by atoms with Crippen molar-refractivity contribution in [1.82, 2.24) is 19.7 Å². The molecule has 3 N–H and O–H groups in total. The number of nitrogens with two attached hydrogens (primary N) is 1. The van der Waals surface area contributed by atoms with E-state index in [0.29, 0.717) is 0 Å². The fourth-order valence-electron chi connectivity index (χ4n) is 1.47. The van der Waals surface area contributed by atoms with Gasteiger partial charge >= 0.3 is 6.18 Å². The Morgan fingerprint density at radius 1 is 1.38 bits per heavy atom. The van der Waals surface area contributed by atoms with Gasteiger partial charge in [-0.05, 0) is 6.07 Å². The summed E-state index contributed by atoms with van der Waals surface area (Å²) in [7, 11) is 0. The molecule has 0 saturated heterocycles. The maximum absolute atomic E-state index is 12.5. The van der Waals surface area contributed by atoms with Crippen LogP contribution in [0.15, 0.2) is 24.5 Å². The van der Waals surface area contributed by atoms with Crippen LogP contribution in [0.4, 0.5) is 24.9 Å². The van der Waals surface area contributed by atoms with Crippen molar-refractivity contribution < 1.29 is 18.0 Å². The van der Waals surface area contributed by atoms with Crippen molar-refractivity contribution in [2.75, 3.05) is 5.32 Å². The van der Waals surface area contributed by atoms with E-state index in [1.807, 2.05) is 0 Å². The fourth-order valence-corrected chi connectivity index (χ4v) is 1.47. The lowest BCUT2D eigenvalue weighted by molar-refractivity contribution is -0.141. The van der Waals surface area contributed by atoms with Gasteiger partial charge in [0.2, 0.25) is 11.9 Å². The lowest BCUT2D eigenvalue weighted by atomic mass is 10.4. The van der Waals surface area contributed by atoms with E-state index in [1.165, 1.54) is 10.7 Å². The molecule has 1 amide bonds. The highest BCUT2D eigenvalue weighted by atomic mass is 19.4. The van der Waals surface area contributed by atoms with Gasteiger partial charge in [0, 0.05) is 31.4 Å². The number of aryl methyl sites for hydroxylation is 1. The van der Waals surface area contributed by atoms with E-state index in [4.69, 9.17) is 5.73 Å². The first-order valence-electron chi connectivity index (χ1n) is 5.83. The molecule has 2 heterocycles. The molecule has 0 aromatic carbocycles. The smallest absolute Gasteiger partial charge is 0.370 e. The van der Waals surface area contributed by atoms with E-state index >= 15 is 0 Å². The van der Waals surface area contributed by atoms with Crippen LogP contribution in [-0.4, -0.2) is 25.7 Å². The average Bonchev–Trinajstić information content (AvgIpc) is 2.83. The number of hydrogen-bond donors (Lipinski definition) is 2. The molecule has 0 unspecified atom stereocenters. The van der Waals surface area contributed by atoms with Crippen LogP contribution in [0, 0.1) is 0 Å². The van der Waals surface area contributed by atoms with Gasteiger partial charge in [-0.2, -0.15) is 18.3 Å². The number of primary amides is 1. The van der Waals surface area contributed by atoms with Crippen LogP contribution in [0.3, 0.4) is 0 Å². The summed E-state index contributed by atoms with van der Waals surface area (Å²) in [4.78, 5) is 17.7. The molecule has 7 nitrogen and oxygen atoms in total. The number of alkyl halides is 3. The first-order valence-corrected chi connectivity index (χ1v) is 5.83. The Morgan fingerprint density at radius 3 is 2.81 bits per heavy atom. The molecule has 0 aliphatic rings. The van der Waals surface area contributed by atoms with Crippen LogP contribution in [0.1, 0.15) is 12.1 Å². The Bertz CT molecular complexity index is 639. The van der Waals surface area contributed by atoms with E-state index in [1.54, 1.807) is 6.20 Å². The minimum absolute atomic E-state index is 0.112. The molecule has 0 aliphatic heterocycles. The molecule has 0 bridgehead atoms. The largest absolute Gasteiger partial charge is 0.433 e. The van der Waals surface area contributed by atoms with Gasteiger partial charge in [-0.1, -0.05) is 0 Å². The van der Waals surface area contributed by atoms with Crippen LogP contribution in [0.5, 0.6) is 0 Å². The minimum atomic E-state index is -4.54. The molecule has 0 atom stereocenters. The zero-order valence-electron chi connectivity index (χ0n) is 10.6. The van der Waals surface area contributed by atoms with Gasteiger partial charge in [-0.3, -0.25) is 9.48 Å². The van der Waals surface area contributed by atoms with Crippen molar-refractivity contribution in [2.24, 2.45) is 5.73 Å². The molecule has 2 aromatic heterocycles. The summed E-state index contributed by atoms with van der Waals surface area (Å²) in [5, 5.41) is 6.56. The number of nitrogens with one attached hydrogen (secondary N) is 1. The van der Waals surface area contributed by atoms with Gasteiger partial charge < -0.3 is 11.1 Å². The monoisotopic (exact) mass is 300 g/mol. The minimum Gasteiger partial charge on any atom is -0.370 e. The number of anilines is 2. The number of carbonyl (C=O) groups excluding carboxylic acids is 1. The summed E-state index contributed by atoms with van der Waals surface area (Å²) >= 11 is 0. The van der Waals surface area contributed by atoms with Gasteiger partial charge in [0.15, 0.2) is 5.82 Å². The molecule has 21 heavy (non-hydrogen) atoms. The second-order valence-corrected chi connectivity index (χ2v) is 4.07. The number of nitrogens with zero attached hydrogens (tertiary/aromatic N) is 4. The van der Waals surface area contributed by atoms with Crippen LogP contribution in [0.2, 0.25) is 0 Å². The van der Waals surface area contributed by atoms with Crippen LogP contribution in [-0.2, 0) is 17.5 Å². The van der Waals surface area contributed by atoms with Crippen molar-refractivity contribution in [3.63, 3.8) is 0 Å². The first-order chi connectivity index (χ1) is 9.84. The number of aromatic nitrogens is 4. The number of rotatable bonds is 5. The molecule has 0 saturated carbocycles. The van der Waals surface area contributed by atoms with Crippen molar-refractivity contribution in [3.8, 4) is 0 Å². The van der Waals surface area contributed by atoms with Crippen LogP contribution in [0.25, 0.3) is 0 Å². The second-order valence-electron chi connectivity index (χ2n) is 4.07. The van der Waals surface area contributed by atoms with E-state index < -0.39 is 17.8 Å². The van der Waals surface area contributed by atoms with Crippen LogP contribution >= 0.6 is 0 Å². The molecule has 0 aliphatic carbocycles. The molecule has 2 aromatic rings. The maximum Gasteiger partial charge on any atom is 0.433 e. The average molecular weight is 300 g/mol. The van der Waals surface area contributed by atoms with Crippen molar-refractivity contribution in [3.05, 3.63) is 30.2 Å². The first kappa shape index (κ1) is 14.8. The summed E-state index contributed by atoms with van der Waals surface area (Å²) in [6.07, 6.45) is -1.87. The highest BCUT2D eigenvalue weighted by molar-refractivity contribution is 5.73. The predicted octanol–water partition coefficient (Wildman–Crippen LogP) is 1.31. The zero-order chi connectivity index (χ0) is 15.5. The third kappa shape index (κ3) is 4.16. The highest BCUT2D eigenvalue weighted by Gasteiger charge is 2.32. The molecule has 10 heteroatoms. The van der Waals surface area contributed by atoms with Gasteiger partial charge in [-0.25, -0.2) is 9.97 Å². The number of carbonyl (C=O) groups is 1. The molecule has 0 spiro atoms. The van der Waals surface area contributed by atoms with Gasteiger partial charge in [0.1, 0.15) is 5.69 Å². The van der Waals surface area contributed by atoms with Gasteiger partial charge in [0.25, 0.3) is 0 Å². The number of amides is 1. The summed E-state index contributed by atoms with van der Waals surface area (Å²) in [5.41, 5.74) is 3.96. The van der Waals surface area contributed by atoms with E-state index in [0.717, 1.165) is 12.3 Å². The van der Waals surface area contributed by atoms with Crippen molar-refractivity contribution >= 4 is 17.7 Å². The normalized spacial score (nSPS) is 11.4. The Morgan fingerprint density at radius 2 is 2.14 bits per heavy atom. The van der Waals surface area contributed by atoms with Crippen molar-refractivity contribution in [1.29, 1.82) is 0 Å². The summed E-state index contributed by atoms with van der Waals surface area (Å²) in [6.45, 7) is 0.278. The Kier molecular flexibility index (Phi) is 4.05. The topological polar surface area (TPSA) is 98.7 Å². The Hall–Kier alpha value is -2.65. The summed E-state index contributed by atoms with van der Waals surface area (Å²) in [5.74, 6) is -0.426. The molecular weight excluding hydrogens is 289 g/mol. The highest BCUT2D eigenvalue weighted by Crippen LogP contribution is 2.27. The molecule has 112 valence electrons. The standard InChI is InChI=1S/C11H11F3N6O/c12-11(13,14)7-1-4-16-10(17-7)18-9-3-6-20(19-9)5-2-8(15)21/h1,3-4,6H,2,5H2,(H2,15,21)(H,16,17,18,19). The third-order valence-electron chi connectivity index (χ3n) is 2.41. The lowest BCUT2D eigenvalue weighted by Crippen LogP contribution is -2.14. The zero-order valence-corrected chi connectivity index (χ0v) is 10.6. The summed E-state index contributed by atoms with van der Waals surface area (Å²) in [6, 6.07) is 2.29. The molecular formula is C11H11F3N6O. The number of halogens is 3. The number of hydrogen-bond acceptors (Lipinski definition) is 5. The van der Waals surface area contributed by atoms with Crippen LogP contribution < -0.4 is 11.1 Å². The third-order valence-corrected chi connectivity index (χ3v) is 2.41. The quantitative estimate of drug-likeness (QED) is 0.867. The van der Waals surface area contributed by atoms with E-state index in [2.05, 4.69) is 20.4 Å². The molecule has 2 rings (SSSR count). The predicted molar refractivity (Wildman–Crippen MR) is 66.4 cm³/mol. The van der Waals surface area contributed by atoms with Crippen molar-refractivity contribution in [2.45, 2.75) is 19.1 Å². The summed E-state index contributed by atoms with van der Waals surface area (Å²) < 4.78 is 38.9. The van der Waals surface area contributed by atoms with E-state index in [9.17, 15) is 18.0 Å². The SMILES string of the molecule is NC(=O)CCn1ccc(Nc2nccc(C(F)(F)F)n2)n1. The van der Waals surface area contributed by atoms with Gasteiger partial charge in [0.05, 0.1) is 0 Å². The lowest BCUT2D eigenvalue weighted by Gasteiger charge is -2.07. The Labute approximate surface area is 117 Å². The van der Waals surface area contributed by atoms with E-state index in [-0.39, 0.29) is 24.7 Å². The second kappa shape index (κ2) is 5.77. The molecule has 0 radical (unpaired) electrons. The molecule has 0 fully saturated rings. The Balaban J connectivity index is 2.07. The maximum atomic E-state index is 12.5. The van der Waals surface area contributed by atoms with Gasteiger partial charge in [-0.15, -0.1) is 0 Å².